The number of hydrogen-bond acceptors (Lipinski definition) is 5. The first-order chi connectivity index (χ1) is 14.9. The largest absolute Gasteiger partial charge is 0.497 e. The molecule has 5 heteroatoms. The summed E-state index contributed by atoms with van der Waals surface area (Å²) in [5, 5.41) is 14.4. The normalized spacial score (nSPS) is 23.1. The maximum absolute atomic E-state index is 13.1. The number of ether oxygens (including phenoxy) is 2. The standard InChI is InChI=1S/C26H35NO4/c1-17(2)22-15-10-18(3)16-23(22)31-26(29)25(28)24(19-8-6-5-7-9-19)27-20-11-13-21(30-4)14-12-20/h5-9,11-14,17-18,22-25,27-28H,10,15-16H2,1-4H3/t18-,22+,23-,24-,25-/m1/s1. The van der Waals surface area contributed by atoms with Crippen molar-refractivity contribution in [1.29, 1.82) is 0 Å². The van der Waals surface area contributed by atoms with Gasteiger partial charge in [0.2, 0.25) is 0 Å². The highest BCUT2D eigenvalue weighted by atomic mass is 16.6. The van der Waals surface area contributed by atoms with Crippen LogP contribution in [0.5, 0.6) is 5.75 Å². The van der Waals surface area contributed by atoms with Gasteiger partial charge in [0, 0.05) is 5.69 Å². The van der Waals surface area contributed by atoms with E-state index in [1.165, 1.54) is 0 Å². The summed E-state index contributed by atoms with van der Waals surface area (Å²) in [7, 11) is 1.62. The van der Waals surface area contributed by atoms with Crippen molar-refractivity contribution in [3.63, 3.8) is 0 Å². The van der Waals surface area contributed by atoms with E-state index in [0.717, 1.165) is 36.3 Å². The number of esters is 1. The number of benzene rings is 2. The predicted octanol–water partition coefficient (Wildman–Crippen LogP) is 5.21. The Balaban J connectivity index is 1.78. The van der Waals surface area contributed by atoms with E-state index in [9.17, 15) is 9.90 Å². The molecule has 5 atom stereocenters. The molecule has 3 rings (SSSR count). The third kappa shape index (κ3) is 6.01. The molecular weight excluding hydrogens is 390 g/mol. The van der Waals surface area contributed by atoms with Crippen molar-refractivity contribution in [3.05, 3.63) is 60.2 Å². The van der Waals surface area contributed by atoms with Crippen LogP contribution < -0.4 is 10.1 Å². The Bertz CT molecular complexity index is 821. The summed E-state index contributed by atoms with van der Waals surface area (Å²) in [6.07, 6.45) is 1.59. The molecule has 31 heavy (non-hydrogen) atoms. The van der Waals surface area contributed by atoms with E-state index >= 15 is 0 Å². The van der Waals surface area contributed by atoms with Gasteiger partial charge in [-0.3, -0.25) is 0 Å². The van der Waals surface area contributed by atoms with E-state index in [-0.39, 0.29) is 6.10 Å². The summed E-state index contributed by atoms with van der Waals surface area (Å²) in [6, 6.07) is 16.3. The molecule has 0 saturated heterocycles. The molecule has 2 N–H and O–H groups in total. The van der Waals surface area contributed by atoms with E-state index in [2.05, 4.69) is 26.1 Å². The number of methoxy groups -OCH3 is 1. The summed E-state index contributed by atoms with van der Waals surface area (Å²) in [4.78, 5) is 13.1. The maximum atomic E-state index is 13.1. The Morgan fingerprint density at radius 3 is 2.35 bits per heavy atom. The van der Waals surface area contributed by atoms with E-state index in [4.69, 9.17) is 9.47 Å². The van der Waals surface area contributed by atoms with Crippen molar-refractivity contribution < 1.29 is 19.4 Å². The zero-order valence-corrected chi connectivity index (χ0v) is 19.0. The van der Waals surface area contributed by atoms with Gasteiger partial charge in [0.15, 0.2) is 6.10 Å². The molecule has 2 aromatic carbocycles. The fourth-order valence-electron chi connectivity index (χ4n) is 4.48. The van der Waals surface area contributed by atoms with E-state index in [1.54, 1.807) is 7.11 Å². The number of nitrogens with one attached hydrogen (secondary N) is 1. The fourth-order valence-corrected chi connectivity index (χ4v) is 4.48. The van der Waals surface area contributed by atoms with Crippen LogP contribution in [0.25, 0.3) is 0 Å². The van der Waals surface area contributed by atoms with Gasteiger partial charge in [-0.25, -0.2) is 4.79 Å². The van der Waals surface area contributed by atoms with Gasteiger partial charge in [-0.1, -0.05) is 57.5 Å². The lowest BCUT2D eigenvalue weighted by atomic mass is 9.75. The molecule has 0 bridgehead atoms. The first kappa shape index (κ1) is 23.1. The lowest BCUT2D eigenvalue weighted by Crippen LogP contribution is -2.41. The topological polar surface area (TPSA) is 67.8 Å². The number of hydrogen-bond donors (Lipinski definition) is 2. The molecule has 1 aliphatic carbocycles. The SMILES string of the molecule is COc1ccc(N[C@H](c2ccccc2)[C@@H](O)C(=O)O[C@@H]2C[C@H](C)CC[C@H]2C(C)C)cc1. The molecule has 1 fully saturated rings. The van der Waals surface area contributed by atoms with Gasteiger partial charge in [0.1, 0.15) is 11.9 Å². The molecule has 0 heterocycles. The highest BCUT2D eigenvalue weighted by Gasteiger charge is 2.37. The molecule has 0 amide bonds. The Kier molecular flexibility index (Phi) is 7.97. The van der Waals surface area contributed by atoms with Crippen LogP contribution in [0.2, 0.25) is 0 Å². The maximum Gasteiger partial charge on any atom is 0.337 e. The van der Waals surface area contributed by atoms with Gasteiger partial charge in [-0.2, -0.15) is 0 Å². The van der Waals surface area contributed by atoms with Crippen molar-refractivity contribution in [2.75, 3.05) is 12.4 Å². The zero-order chi connectivity index (χ0) is 22.4. The second kappa shape index (κ2) is 10.7. The number of aliphatic hydroxyl groups excluding tert-OH is 1. The minimum atomic E-state index is -1.32. The van der Waals surface area contributed by atoms with Crippen molar-refractivity contribution in [2.45, 2.75) is 58.3 Å². The predicted molar refractivity (Wildman–Crippen MR) is 123 cm³/mol. The second-order valence-electron chi connectivity index (χ2n) is 9.01. The Morgan fingerprint density at radius 2 is 1.74 bits per heavy atom. The number of carbonyl (C=O) groups is 1. The zero-order valence-electron chi connectivity index (χ0n) is 19.0. The fraction of sp³-hybridized carbons (Fsp3) is 0.500. The minimum Gasteiger partial charge on any atom is -0.497 e. The van der Waals surface area contributed by atoms with Crippen molar-refractivity contribution in [2.24, 2.45) is 17.8 Å². The first-order valence-corrected chi connectivity index (χ1v) is 11.2. The quantitative estimate of drug-likeness (QED) is 0.568. The van der Waals surface area contributed by atoms with Crippen molar-refractivity contribution >= 4 is 11.7 Å². The van der Waals surface area contributed by atoms with Gasteiger partial charge < -0.3 is 19.9 Å². The number of aliphatic hydroxyl groups is 1. The Hall–Kier alpha value is -2.53. The molecule has 0 aliphatic heterocycles. The average Bonchev–Trinajstić information content (AvgIpc) is 2.77. The van der Waals surface area contributed by atoms with E-state index < -0.39 is 18.1 Å². The third-order valence-electron chi connectivity index (χ3n) is 6.36. The van der Waals surface area contributed by atoms with Gasteiger partial charge in [-0.05, 0) is 60.4 Å². The van der Waals surface area contributed by atoms with Gasteiger partial charge in [0.05, 0.1) is 13.2 Å². The van der Waals surface area contributed by atoms with Crippen LogP contribution in [-0.4, -0.2) is 30.4 Å². The lowest BCUT2D eigenvalue weighted by Gasteiger charge is -2.37. The monoisotopic (exact) mass is 425 g/mol. The third-order valence-corrected chi connectivity index (χ3v) is 6.36. The molecule has 0 radical (unpaired) electrons. The van der Waals surface area contributed by atoms with Crippen LogP contribution >= 0.6 is 0 Å². The van der Waals surface area contributed by atoms with Crippen LogP contribution in [0.3, 0.4) is 0 Å². The average molecular weight is 426 g/mol. The molecule has 2 aromatic rings. The van der Waals surface area contributed by atoms with E-state index in [0.29, 0.717) is 17.8 Å². The molecule has 0 unspecified atom stereocenters. The molecule has 5 nitrogen and oxygen atoms in total. The molecule has 0 spiro atoms. The highest BCUT2D eigenvalue weighted by Crippen LogP contribution is 2.36. The van der Waals surface area contributed by atoms with Crippen LogP contribution in [-0.2, 0) is 9.53 Å². The van der Waals surface area contributed by atoms with Crippen LogP contribution in [0.1, 0.15) is 51.6 Å². The molecule has 1 aliphatic rings. The van der Waals surface area contributed by atoms with Crippen LogP contribution in [0.4, 0.5) is 5.69 Å². The van der Waals surface area contributed by atoms with Gasteiger partial charge >= 0.3 is 5.97 Å². The summed E-state index contributed by atoms with van der Waals surface area (Å²) in [6.45, 7) is 6.55. The molecule has 0 aromatic heterocycles. The number of rotatable bonds is 8. The van der Waals surface area contributed by atoms with Gasteiger partial charge in [-0.15, -0.1) is 0 Å². The lowest BCUT2D eigenvalue weighted by molar-refractivity contribution is -0.166. The molecular formula is C26H35NO4. The smallest absolute Gasteiger partial charge is 0.337 e. The Labute approximate surface area is 185 Å². The molecule has 168 valence electrons. The van der Waals surface area contributed by atoms with Crippen LogP contribution in [0, 0.1) is 17.8 Å². The first-order valence-electron chi connectivity index (χ1n) is 11.2. The van der Waals surface area contributed by atoms with E-state index in [1.807, 2.05) is 54.6 Å². The van der Waals surface area contributed by atoms with Gasteiger partial charge in [0.25, 0.3) is 0 Å². The van der Waals surface area contributed by atoms with Crippen LogP contribution in [0.15, 0.2) is 54.6 Å². The summed E-state index contributed by atoms with van der Waals surface area (Å²) in [5.41, 5.74) is 1.60. The van der Waals surface area contributed by atoms with Crippen molar-refractivity contribution in [1.82, 2.24) is 0 Å². The summed E-state index contributed by atoms with van der Waals surface area (Å²) >= 11 is 0. The summed E-state index contributed by atoms with van der Waals surface area (Å²) < 4.78 is 11.1. The summed E-state index contributed by atoms with van der Waals surface area (Å²) in [5.74, 6) is 1.46. The minimum absolute atomic E-state index is 0.150. The Morgan fingerprint density at radius 1 is 1.06 bits per heavy atom. The number of anilines is 1. The highest BCUT2D eigenvalue weighted by molar-refractivity contribution is 5.76. The molecule has 1 saturated carbocycles. The van der Waals surface area contributed by atoms with Crippen molar-refractivity contribution in [3.8, 4) is 5.75 Å². The second-order valence-corrected chi connectivity index (χ2v) is 9.01. The number of carbonyl (C=O) groups excluding carboxylic acids is 1.